The standard InChI is InChI=1S/C26H24FN3O2/c27-22-9-6-19(7-10-22)18-30-24-11-8-20(16-21(24)17-25(30)31)26(32)29-14-12-28(13-15-29)23-4-2-1-3-5-23/h1-11,16H,12-15,17-18H2. The molecule has 1 saturated heterocycles. The monoisotopic (exact) mass is 429 g/mol. The minimum Gasteiger partial charge on any atom is -0.368 e. The van der Waals surface area contributed by atoms with Crippen molar-refractivity contribution in [1.29, 1.82) is 0 Å². The van der Waals surface area contributed by atoms with Crippen molar-refractivity contribution in [2.24, 2.45) is 0 Å². The van der Waals surface area contributed by atoms with Gasteiger partial charge in [0.05, 0.1) is 13.0 Å². The van der Waals surface area contributed by atoms with E-state index in [-0.39, 0.29) is 24.1 Å². The van der Waals surface area contributed by atoms with Crippen LogP contribution in [0.3, 0.4) is 0 Å². The van der Waals surface area contributed by atoms with E-state index < -0.39 is 0 Å². The van der Waals surface area contributed by atoms with E-state index in [2.05, 4.69) is 17.0 Å². The van der Waals surface area contributed by atoms with Crippen molar-refractivity contribution in [2.75, 3.05) is 36.0 Å². The first-order valence-corrected chi connectivity index (χ1v) is 10.9. The third-order valence-electron chi connectivity index (χ3n) is 6.20. The number of para-hydroxylation sites is 1. The first-order valence-electron chi connectivity index (χ1n) is 10.9. The minimum absolute atomic E-state index is 0.00458. The van der Waals surface area contributed by atoms with Crippen molar-refractivity contribution in [3.8, 4) is 0 Å². The fourth-order valence-corrected chi connectivity index (χ4v) is 4.45. The van der Waals surface area contributed by atoms with Gasteiger partial charge in [0.25, 0.3) is 5.91 Å². The third-order valence-corrected chi connectivity index (χ3v) is 6.20. The lowest BCUT2D eigenvalue weighted by atomic mass is 10.1. The molecule has 2 aliphatic heterocycles. The zero-order chi connectivity index (χ0) is 22.1. The molecular formula is C26H24FN3O2. The maximum Gasteiger partial charge on any atom is 0.253 e. The molecule has 0 bridgehead atoms. The lowest BCUT2D eigenvalue weighted by Gasteiger charge is -2.36. The first-order chi connectivity index (χ1) is 15.6. The predicted octanol–water partition coefficient (Wildman–Crippen LogP) is 3.88. The molecule has 2 aliphatic rings. The second-order valence-corrected chi connectivity index (χ2v) is 8.24. The molecule has 6 heteroatoms. The average Bonchev–Trinajstić information content (AvgIpc) is 3.14. The van der Waals surface area contributed by atoms with Crippen LogP contribution < -0.4 is 9.80 Å². The average molecular weight is 429 g/mol. The number of fused-ring (bicyclic) bond motifs is 1. The summed E-state index contributed by atoms with van der Waals surface area (Å²) in [4.78, 5) is 31.6. The number of hydrogen-bond acceptors (Lipinski definition) is 3. The van der Waals surface area contributed by atoms with Gasteiger partial charge < -0.3 is 14.7 Å². The number of benzene rings is 3. The topological polar surface area (TPSA) is 43.9 Å². The molecule has 32 heavy (non-hydrogen) atoms. The molecular weight excluding hydrogens is 405 g/mol. The molecule has 3 aromatic rings. The van der Waals surface area contributed by atoms with Gasteiger partial charge in [0, 0.05) is 43.1 Å². The number of anilines is 2. The number of hydrogen-bond donors (Lipinski definition) is 0. The zero-order valence-corrected chi connectivity index (χ0v) is 17.7. The number of nitrogens with zero attached hydrogens (tertiary/aromatic N) is 3. The van der Waals surface area contributed by atoms with E-state index in [1.54, 1.807) is 23.1 Å². The van der Waals surface area contributed by atoms with Crippen LogP contribution in [-0.2, 0) is 17.8 Å². The minimum atomic E-state index is -0.297. The van der Waals surface area contributed by atoms with E-state index in [1.807, 2.05) is 35.2 Å². The van der Waals surface area contributed by atoms with Gasteiger partial charge in [-0.05, 0) is 53.6 Å². The summed E-state index contributed by atoms with van der Waals surface area (Å²) in [5.41, 5.74) is 4.35. The Labute approximate surface area is 186 Å². The van der Waals surface area contributed by atoms with Crippen LogP contribution in [0.2, 0.25) is 0 Å². The summed E-state index contributed by atoms with van der Waals surface area (Å²) in [6.45, 7) is 3.32. The van der Waals surface area contributed by atoms with Crippen LogP contribution >= 0.6 is 0 Å². The number of carbonyl (C=O) groups is 2. The van der Waals surface area contributed by atoms with Crippen molar-refractivity contribution in [1.82, 2.24) is 4.90 Å². The molecule has 5 nitrogen and oxygen atoms in total. The normalized spacial score (nSPS) is 15.8. The molecule has 0 N–H and O–H groups in total. The number of rotatable bonds is 4. The lowest BCUT2D eigenvalue weighted by molar-refractivity contribution is -0.117. The lowest BCUT2D eigenvalue weighted by Crippen LogP contribution is -2.48. The predicted molar refractivity (Wildman–Crippen MR) is 122 cm³/mol. The number of halogens is 1. The van der Waals surface area contributed by atoms with Crippen LogP contribution in [0.5, 0.6) is 0 Å². The molecule has 0 aliphatic carbocycles. The van der Waals surface area contributed by atoms with Gasteiger partial charge >= 0.3 is 0 Å². The van der Waals surface area contributed by atoms with Crippen LogP contribution in [0, 0.1) is 5.82 Å². The molecule has 0 unspecified atom stereocenters. The quantitative estimate of drug-likeness (QED) is 0.632. The largest absolute Gasteiger partial charge is 0.368 e. The van der Waals surface area contributed by atoms with Gasteiger partial charge in [0.2, 0.25) is 5.91 Å². The highest BCUT2D eigenvalue weighted by atomic mass is 19.1. The van der Waals surface area contributed by atoms with Crippen molar-refractivity contribution in [3.05, 3.63) is 95.3 Å². The summed E-state index contributed by atoms with van der Waals surface area (Å²) in [6, 6.07) is 21.9. The van der Waals surface area contributed by atoms with Gasteiger partial charge in [-0.2, -0.15) is 0 Å². The number of piperazine rings is 1. The summed E-state index contributed by atoms with van der Waals surface area (Å²) in [6.07, 6.45) is 0.277. The van der Waals surface area contributed by atoms with Gasteiger partial charge in [-0.1, -0.05) is 30.3 Å². The highest BCUT2D eigenvalue weighted by molar-refractivity contribution is 6.03. The Hall–Kier alpha value is -3.67. The Morgan fingerprint density at radius 2 is 1.59 bits per heavy atom. The molecule has 2 amide bonds. The molecule has 0 spiro atoms. The summed E-state index contributed by atoms with van der Waals surface area (Å²) in [5, 5.41) is 0. The highest BCUT2D eigenvalue weighted by Crippen LogP contribution is 2.31. The van der Waals surface area contributed by atoms with Crippen LogP contribution in [0.25, 0.3) is 0 Å². The van der Waals surface area contributed by atoms with Crippen molar-refractivity contribution >= 4 is 23.2 Å². The molecule has 2 heterocycles. The SMILES string of the molecule is O=C(c1ccc2c(c1)CC(=O)N2Cc1ccc(F)cc1)N1CCN(c2ccccc2)CC1. The van der Waals surface area contributed by atoms with Gasteiger partial charge in [-0.25, -0.2) is 4.39 Å². The van der Waals surface area contributed by atoms with Crippen LogP contribution in [0.1, 0.15) is 21.5 Å². The number of carbonyl (C=O) groups excluding carboxylic acids is 2. The maximum atomic E-state index is 13.2. The summed E-state index contributed by atoms with van der Waals surface area (Å²) in [5.74, 6) is -0.301. The summed E-state index contributed by atoms with van der Waals surface area (Å²) in [7, 11) is 0. The maximum absolute atomic E-state index is 13.2. The van der Waals surface area contributed by atoms with Crippen molar-refractivity contribution in [2.45, 2.75) is 13.0 Å². The van der Waals surface area contributed by atoms with E-state index in [0.29, 0.717) is 25.2 Å². The van der Waals surface area contributed by atoms with E-state index >= 15 is 0 Å². The number of amides is 2. The molecule has 0 saturated carbocycles. The van der Waals surface area contributed by atoms with E-state index in [4.69, 9.17) is 0 Å². The van der Waals surface area contributed by atoms with E-state index in [9.17, 15) is 14.0 Å². The first kappa shape index (κ1) is 20.2. The van der Waals surface area contributed by atoms with Crippen LogP contribution in [-0.4, -0.2) is 42.9 Å². The Bertz CT molecular complexity index is 1140. The highest BCUT2D eigenvalue weighted by Gasteiger charge is 2.29. The Kier molecular flexibility index (Phi) is 5.35. The molecule has 0 radical (unpaired) electrons. The van der Waals surface area contributed by atoms with Crippen molar-refractivity contribution < 1.29 is 14.0 Å². The van der Waals surface area contributed by atoms with Gasteiger partial charge in [0.1, 0.15) is 5.82 Å². The molecule has 3 aromatic carbocycles. The molecule has 5 rings (SSSR count). The van der Waals surface area contributed by atoms with E-state index in [0.717, 1.165) is 29.9 Å². The van der Waals surface area contributed by atoms with Gasteiger partial charge in [-0.15, -0.1) is 0 Å². The molecule has 0 atom stereocenters. The smallest absolute Gasteiger partial charge is 0.253 e. The second-order valence-electron chi connectivity index (χ2n) is 8.24. The van der Waals surface area contributed by atoms with Gasteiger partial charge in [-0.3, -0.25) is 9.59 Å². The van der Waals surface area contributed by atoms with Crippen LogP contribution in [0.15, 0.2) is 72.8 Å². The summed E-state index contributed by atoms with van der Waals surface area (Å²) >= 11 is 0. The zero-order valence-electron chi connectivity index (χ0n) is 17.7. The third kappa shape index (κ3) is 3.96. The molecule has 0 aromatic heterocycles. The fraction of sp³-hybridized carbons (Fsp3) is 0.231. The fourth-order valence-electron chi connectivity index (χ4n) is 4.45. The molecule has 1 fully saturated rings. The Balaban J connectivity index is 1.27. The Morgan fingerprint density at radius 3 is 2.31 bits per heavy atom. The summed E-state index contributed by atoms with van der Waals surface area (Å²) < 4.78 is 13.2. The van der Waals surface area contributed by atoms with Gasteiger partial charge in [0.15, 0.2) is 0 Å². The van der Waals surface area contributed by atoms with Crippen LogP contribution in [0.4, 0.5) is 15.8 Å². The second kappa shape index (κ2) is 8.46. The Morgan fingerprint density at radius 1 is 0.875 bits per heavy atom. The molecule has 162 valence electrons. The van der Waals surface area contributed by atoms with E-state index in [1.165, 1.54) is 17.8 Å². The van der Waals surface area contributed by atoms with Crippen molar-refractivity contribution in [3.63, 3.8) is 0 Å².